The molecule has 0 unspecified atom stereocenters. The second-order valence-electron chi connectivity index (χ2n) is 4.71. The molecule has 1 aromatic rings. The van der Waals surface area contributed by atoms with Crippen LogP contribution in [0, 0.1) is 0 Å². The Hall–Kier alpha value is -1.32. The zero-order valence-corrected chi connectivity index (χ0v) is 9.53. The Morgan fingerprint density at radius 3 is 3.06 bits per heavy atom. The summed E-state index contributed by atoms with van der Waals surface area (Å²) in [5.41, 5.74) is 2.56. The number of carbonyl (C=O) groups is 1. The summed E-state index contributed by atoms with van der Waals surface area (Å²) in [6.07, 6.45) is 7.07. The highest BCUT2D eigenvalue weighted by Gasteiger charge is 2.49. The molecular weight excluding hydrogens is 204 g/mol. The van der Waals surface area contributed by atoms with Crippen molar-refractivity contribution in [1.82, 2.24) is 9.55 Å². The summed E-state index contributed by atoms with van der Waals surface area (Å²) in [6.45, 7) is 2.27. The minimum Gasteiger partial charge on any atom is -0.466 e. The molecule has 16 heavy (non-hydrogen) atoms. The molecule has 1 fully saturated rings. The van der Waals surface area contributed by atoms with Crippen molar-refractivity contribution in [3.8, 4) is 0 Å². The maximum atomic E-state index is 11.4. The Bertz CT molecular complexity index is 432. The number of aromatic nitrogens is 2. The second kappa shape index (κ2) is 3.34. The first-order valence-electron chi connectivity index (χ1n) is 5.96. The number of ether oxygens (including phenoxy) is 1. The third-order valence-corrected chi connectivity index (χ3v) is 3.74. The maximum Gasteiger partial charge on any atom is 0.311 e. The van der Waals surface area contributed by atoms with Crippen LogP contribution in [-0.4, -0.2) is 22.1 Å². The normalized spacial score (nSPS) is 19.8. The zero-order valence-electron chi connectivity index (χ0n) is 9.53. The molecule has 1 saturated carbocycles. The predicted octanol–water partition coefficient (Wildman–Crippen LogP) is 1.42. The van der Waals surface area contributed by atoms with E-state index in [0.29, 0.717) is 18.6 Å². The van der Waals surface area contributed by atoms with Gasteiger partial charge in [0.15, 0.2) is 0 Å². The van der Waals surface area contributed by atoms with Crippen molar-refractivity contribution in [2.24, 2.45) is 0 Å². The van der Waals surface area contributed by atoms with Gasteiger partial charge in [0.05, 0.1) is 25.0 Å². The fraction of sp³-hybridized carbons (Fsp3) is 0.667. The fourth-order valence-electron chi connectivity index (χ4n) is 2.69. The van der Waals surface area contributed by atoms with Gasteiger partial charge in [-0.3, -0.25) is 4.79 Å². The van der Waals surface area contributed by atoms with E-state index in [1.54, 1.807) is 0 Å². The molecule has 0 aromatic carbocycles. The molecule has 0 saturated heterocycles. The molecule has 1 aromatic heterocycles. The SMILES string of the molecule is CCOC(=O)Cc1ncn2c1CCC21CC1. The van der Waals surface area contributed by atoms with Crippen molar-refractivity contribution in [2.75, 3.05) is 6.61 Å². The average Bonchev–Trinajstić information content (AvgIpc) is 2.78. The van der Waals surface area contributed by atoms with E-state index in [2.05, 4.69) is 9.55 Å². The van der Waals surface area contributed by atoms with Gasteiger partial charge in [0.2, 0.25) is 0 Å². The number of hydrogen-bond donors (Lipinski definition) is 0. The summed E-state index contributed by atoms with van der Waals surface area (Å²) in [7, 11) is 0. The van der Waals surface area contributed by atoms with Crippen molar-refractivity contribution < 1.29 is 9.53 Å². The molecule has 2 heterocycles. The van der Waals surface area contributed by atoms with Crippen LogP contribution in [0.5, 0.6) is 0 Å². The van der Waals surface area contributed by atoms with E-state index in [0.717, 1.165) is 12.1 Å². The van der Waals surface area contributed by atoms with E-state index in [9.17, 15) is 4.79 Å². The Kier molecular flexibility index (Phi) is 2.06. The van der Waals surface area contributed by atoms with Gasteiger partial charge in [0.25, 0.3) is 0 Å². The van der Waals surface area contributed by atoms with Crippen LogP contribution < -0.4 is 0 Å². The molecule has 0 atom stereocenters. The number of rotatable bonds is 3. The van der Waals surface area contributed by atoms with Gasteiger partial charge < -0.3 is 9.30 Å². The van der Waals surface area contributed by atoms with Crippen LogP contribution in [0.3, 0.4) is 0 Å². The summed E-state index contributed by atoms with van der Waals surface area (Å²) >= 11 is 0. The molecule has 0 radical (unpaired) electrons. The summed E-state index contributed by atoms with van der Waals surface area (Å²) in [5, 5.41) is 0. The molecule has 0 amide bonds. The van der Waals surface area contributed by atoms with Crippen LogP contribution >= 0.6 is 0 Å². The molecule has 4 nitrogen and oxygen atoms in total. The smallest absolute Gasteiger partial charge is 0.311 e. The monoisotopic (exact) mass is 220 g/mol. The Morgan fingerprint density at radius 2 is 2.38 bits per heavy atom. The van der Waals surface area contributed by atoms with Crippen LogP contribution in [0.25, 0.3) is 0 Å². The Morgan fingerprint density at radius 1 is 1.56 bits per heavy atom. The number of esters is 1. The van der Waals surface area contributed by atoms with Crippen molar-refractivity contribution in [3.63, 3.8) is 0 Å². The van der Waals surface area contributed by atoms with Gasteiger partial charge in [0, 0.05) is 11.2 Å². The molecule has 0 bridgehead atoms. The second-order valence-corrected chi connectivity index (χ2v) is 4.71. The number of nitrogens with zero attached hydrogens (tertiary/aromatic N) is 2. The summed E-state index contributed by atoms with van der Waals surface area (Å²) in [6, 6.07) is 0. The van der Waals surface area contributed by atoms with E-state index >= 15 is 0 Å². The minimum atomic E-state index is -0.166. The van der Waals surface area contributed by atoms with Crippen LogP contribution in [0.15, 0.2) is 6.33 Å². The fourth-order valence-corrected chi connectivity index (χ4v) is 2.69. The third kappa shape index (κ3) is 1.36. The highest BCUT2D eigenvalue weighted by atomic mass is 16.5. The standard InChI is InChI=1S/C12H16N2O2/c1-2-16-11(15)7-9-10-3-4-12(5-6-12)14(10)8-13-9/h8H,2-7H2,1H3. The molecule has 0 N–H and O–H groups in total. The molecule has 86 valence electrons. The maximum absolute atomic E-state index is 11.4. The number of carbonyl (C=O) groups excluding carboxylic acids is 1. The first kappa shape index (κ1) is 9.87. The van der Waals surface area contributed by atoms with Crippen molar-refractivity contribution in [3.05, 3.63) is 17.7 Å². The number of imidazole rings is 1. The molecule has 1 aliphatic heterocycles. The topological polar surface area (TPSA) is 44.1 Å². The molecular formula is C12H16N2O2. The van der Waals surface area contributed by atoms with E-state index in [4.69, 9.17) is 4.74 Å². The lowest BCUT2D eigenvalue weighted by Crippen LogP contribution is -2.10. The first-order chi connectivity index (χ1) is 7.75. The summed E-state index contributed by atoms with van der Waals surface area (Å²) in [4.78, 5) is 15.8. The van der Waals surface area contributed by atoms with E-state index in [-0.39, 0.29) is 5.97 Å². The lowest BCUT2D eigenvalue weighted by atomic mass is 10.1. The van der Waals surface area contributed by atoms with Gasteiger partial charge in [-0.1, -0.05) is 0 Å². The van der Waals surface area contributed by atoms with Crippen molar-refractivity contribution in [1.29, 1.82) is 0 Å². The summed E-state index contributed by atoms with van der Waals surface area (Å²) in [5.74, 6) is -0.166. The van der Waals surface area contributed by atoms with Crippen molar-refractivity contribution in [2.45, 2.75) is 44.6 Å². The van der Waals surface area contributed by atoms with Gasteiger partial charge in [0.1, 0.15) is 0 Å². The minimum absolute atomic E-state index is 0.166. The lowest BCUT2D eigenvalue weighted by molar-refractivity contribution is -0.142. The predicted molar refractivity (Wildman–Crippen MR) is 58.1 cm³/mol. The first-order valence-corrected chi connectivity index (χ1v) is 5.96. The van der Waals surface area contributed by atoms with E-state index in [1.165, 1.54) is 25.0 Å². The summed E-state index contributed by atoms with van der Waals surface area (Å²) < 4.78 is 7.25. The van der Waals surface area contributed by atoms with Gasteiger partial charge in [-0.25, -0.2) is 4.98 Å². The third-order valence-electron chi connectivity index (χ3n) is 3.74. The van der Waals surface area contributed by atoms with Gasteiger partial charge >= 0.3 is 5.97 Å². The molecule has 2 aliphatic rings. The Balaban J connectivity index is 1.80. The largest absolute Gasteiger partial charge is 0.466 e. The molecule has 4 heteroatoms. The van der Waals surface area contributed by atoms with Gasteiger partial charge in [-0.05, 0) is 32.6 Å². The highest BCUT2D eigenvalue weighted by Crippen LogP contribution is 2.52. The highest BCUT2D eigenvalue weighted by molar-refractivity contribution is 5.72. The Labute approximate surface area is 94.6 Å². The van der Waals surface area contributed by atoms with Crippen LogP contribution in [0.1, 0.15) is 37.6 Å². The molecule has 1 spiro atoms. The zero-order chi connectivity index (χ0) is 11.2. The average molecular weight is 220 g/mol. The van der Waals surface area contributed by atoms with Crippen LogP contribution in [-0.2, 0) is 27.9 Å². The van der Waals surface area contributed by atoms with E-state index in [1.807, 2.05) is 13.3 Å². The van der Waals surface area contributed by atoms with Gasteiger partial charge in [-0.15, -0.1) is 0 Å². The number of hydrogen-bond acceptors (Lipinski definition) is 3. The van der Waals surface area contributed by atoms with Gasteiger partial charge in [-0.2, -0.15) is 0 Å². The lowest BCUT2D eigenvalue weighted by Gasteiger charge is -2.07. The van der Waals surface area contributed by atoms with Crippen LogP contribution in [0.2, 0.25) is 0 Å². The van der Waals surface area contributed by atoms with Crippen molar-refractivity contribution >= 4 is 5.97 Å². The van der Waals surface area contributed by atoms with Crippen LogP contribution in [0.4, 0.5) is 0 Å². The quantitative estimate of drug-likeness (QED) is 0.724. The number of fused-ring (bicyclic) bond motifs is 2. The molecule has 1 aliphatic carbocycles. The van der Waals surface area contributed by atoms with E-state index < -0.39 is 0 Å². The molecule has 3 rings (SSSR count).